The van der Waals surface area contributed by atoms with Gasteiger partial charge in [-0.2, -0.15) is 13.2 Å². The molecule has 2 saturated heterocycles. The third-order valence-electron chi connectivity index (χ3n) is 12.3. The Morgan fingerprint density at radius 1 is 0.722 bits per heavy atom. The van der Waals surface area contributed by atoms with Gasteiger partial charge in [-0.1, -0.05) is 101 Å². The number of ether oxygens (including phenoxy) is 10. The number of carbonyl (C=O) groups is 4. The second-order valence-electron chi connectivity index (χ2n) is 18.7. The highest BCUT2D eigenvalue weighted by atomic mass is 19.4. The Labute approximate surface area is 460 Å². The highest BCUT2D eigenvalue weighted by Gasteiger charge is 2.50. The molecule has 0 aliphatic carbocycles. The number of hydrogen-bond acceptors (Lipinski definition) is 17. The van der Waals surface area contributed by atoms with Crippen molar-refractivity contribution in [2.45, 2.75) is 153 Å². The van der Waals surface area contributed by atoms with Crippen molar-refractivity contribution in [1.29, 1.82) is 0 Å². The van der Waals surface area contributed by atoms with Gasteiger partial charge in [0.15, 0.2) is 12.3 Å². The largest absolute Gasteiger partial charge is 0.490 e. The summed E-state index contributed by atoms with van der Waals surface area (Å²) >= 11 is 0. The molecule has 4 N–H and O–H groups in total. The third kappa shape index (κ3) is 32.1. The number of aromatic nitrogens is 2. The Balaban J connectivity index is 0.00000219. The van der Waals surface area contributed by atoms with Crippen molar-refractivity contribution in [2.24, 2.45) is 0 Å². The van der Waals surface area contributed by atoms with Crippen LogP contribution >= 0.6 is 0 Å². The minimum absolute atomic E-state index is 0.115. The van der Waals surface area contributed by atoms with Crippen molar-refractivity contribution >= 4 is 23.8 Å². The maximum atomic E-state index is 13.5. The molecule has 21 nitrogen and oxygen atoms in total. The van der Waals surface area contributed by atoms with Crippen molar-refractivity contribution < 1.29 is 84.8 Å². The van der Waals surface area contributed by atoms with Crippen LogP contribution in [0.15, 0.2) is 64.3 Å². The number of alkyl halides is 3. The van der Waals surface area contributed by atoms with E-state index in [1.54, 1.807) is 0 Å². The van der Waals surface area contributed by atoms with Crippen LogP contribution in [0.3, 0.4) is 0 Å². The van der Waals surface area contributed by atoms with Crippen LogP contribution in [0, 0.1) is 0 Å². The maximum Gasteiger partial charge on any atom is 0.490 e. The molecule has 1 aromatic carbocycles. The zero-order valence-corrected chi connectivity index (χ0v) is 45.8. The van der Waals surface area contributed by atoms with E-state index in [-0.39, 0.29) is 38.8 Å². The molecular formula is C55H85F3N4O17. The molecular weight excluding hydrogens is 1050 g/mol. The molecule has 0 saturated carbocycles. The number of amides is 1. The normalized spacial score (nSPS) is 18.1. The number of carbonyl (C=O) groups excluding carboxylic acids is 3. The standard InChI is InChI=1S/C53H84N4O15.C2HF3O2/c1-2-3-4-5-6-7-8-9-10-11-12-13-14-15-19-24-47(59)72-50-49(56-51(61)44-23-20-26-54-44)45(71-52(50)57-27-25-46(58)55-53(57)62)41-70-48(60)42-69-39-37-67-35-33-65-31-29-63-28-30-64-32-34-66-36-38-68-40-43-21-17-16-18-22-43;3-2(4,5)1(6)7/h9-10,16-18,21-22,25,27,44-45,49-50,52,54H,2-8,11-15,19-20,23-24,26,28-42H2,1H3,(H,56,61)(H,55,58,62);(H,6,7)/b10-9-;/t44-,45+,49-,50+,52+;/m0./s1. The molecule has 2 aliphatic rings. The molecule has 2 fully saturated rings. The second kappa shape index (κ2) is 42.8. The number of rotatable bonds is 43. The number of carboxylic acid groups (broad SMARTS) is 1. The molecule has 5 atom stereocenters. The number of hydrogen-bond donors (Lipinski definition) is 4. The van der Waals surface area contributed by atoms with E-state index in [1.807, 2.05) is 30.3 Å². The number of aromatic amines is 1. The number of esters is 2. The Morgan fingerprint density at radius 2 is 1.25 bits per heavy atom. The van der Waals surface area contributed by atoms with Crippen molar-refractivity contribution in [3.05, 3.63) is 81.1 Å². The first-order valence-electron chi connectivity index (χ1n) is 27.7. The van der Waals surface area contributed by atoms with E-state index in [1.165, 1.54) is 44.7 Å². The number of halogens is 3. The molecule has 2 aliphatic heterocycles. The topological polar surface area (TPSA) is 260 Å². The molecule has 0 unspecified atom stereocenters. The third-order valence-corrected chi connectivity index (χ3v) is 12.3. The van der Waals surface area contributed by atoms with Gasteiger partial charge in [0.05, 0.1) is 91.9 Å². The molecule has 1 amide bonds. The Hall–Kier alpha value is -5.05. The van der Waals surface area contributed by atoms with Crippen LogP contribution in [0.25, 0.3) is 0 Å². The maximum absolute atomic E-state index is 13.5. The van der Waals surface area contributed by atoms with E-state index in [0.717, 1.165) is 61.1 Å². The molecule has 0 spiro atoms. The number of H-pyrrole nitrogens is 1. The summed E-state index contributed by atoms with van der Waals surface area (Å²) in [5.74, 6) is -4.33. The molecule has 0 bridgehead atoms. The lowest BCUT2D eigenvalue weighted by atomic mass is 10.1. The lowest BCUT2D eigenvalue weighted by Gasteiger charge is -2.26. The van der Waals surface area contributed by atoms with Crippen LogP contribution in [0.1, 0.15) is 121 Å². The van der Waals surface area contributed by atoms with Gasteiger partial charge in [-0.25, -0.2) is 14.4 Å². The van der Waals surface area contributed by atoms with Crippen LogP contribution in [-0.2, 0) is 73.2 Å². The van der Waals surface area contributed by atoms with Crippen LogP contribution in [0.5, 0.6) is 0 Å². The first-order valence-corrected chi connectivity index (χ1v) is 27.7. The fourth-order valence-electron chi connectivity index (χ4n) is 8.11. The molecule has 4 rings (SSSR count). The lowest BCUT2D eigenvalue weighted by Crippen LogP contribution is -2.54. The Morgan fingerprint density at radius 3 is 1.78 bits per heavy atom. The average Bonchev–Trinajstić information content (AvgIpc) is 4.29. The van der Waals surface area contributed by atoms with E-state index in [4.69, 9.17) is 57.3 Å². The number of unbranched alkanes of at least 4 members (excludes halogenated alkanes) is 11. The molecule has 0 radical (unpaired) electrons. The summed E-state index contributed by atoms with van der Waals surface area (Å²) in [7, 11) is 0. The molecule has 79 heavy (non-hydrogen) atoms. The van der Waals surface area contributed by atoms with E-state index in [9.17, 15) is 37.1 Å². The smallest absolute Gasteiger partial charge is 0.475 e. The molecule has 2 aromatic rings. The molecule has 24 heteroatoms. The Kier molecular flexibility index (Phi) is 36.9. The summed E-state index contributed by atoms with van der Waals surface area (Å²) in [6, 6.07) is 9.64. The number of nitrogens with one attached hydrogen (secondary N) is 3. The van der Waals surface area contributed by atoms with Crippen molar-refractivity contribution in [3.8, 4) is 0 Å². The van der Waals surface area contributed by atoms with Gasteiger partial charge in [0.2, 0.25) is 5.91 Å². The molecule has 1 aromatic heterocycles. The second-order valence-corrected chi connectivity index (χ2v) is 18.7. The number of aliphatic carboxylic acids is 1. The summed E-state index contributed by atoms with van der Waals surface area (Å²) < 4.78 is 89.3. The zero-order valence-electron chi connectivity index (χ0n) is 45.8. The van der Waals surface area contributed by atoms with Crippen LogP contribution in [0.4, 0.5) is 13.2 Å². The van der Waals surface area contributed by atoms with Crippen LogP contribution in [0.2, 0.25) is 0 Å². The van der Waals surface area contributed by atoms with Crippen molar-refractivity contribution in [2.75, 3.05) is 99.0 Å². The highest BCUT2D eigenvalue weighted by Crippen LogP contribution is 2.32. The monoisotopic (exact) mass is 1130 g/mol. The number of nitrogens with zero attached hydrogens (tertiary/aromatic N) is 1. The summed E-state index contributed by atoms with van der Waals surface area (Å²) in [6.07, 6.45) is 13.3. The Bertz CT molecular complexity index is 2090. The van der Waals surface area contributed by atoms with Gasteiger partial charge in [0.25, 0.3) is 5.56 Å². The van der Waals surface area contributed by atoms with Gasteiger partial charge in [0, 0.05) is 18.7 Å². The van der Waals surface area contributed by atoms with Crippen LogP contribution in [-0.4, -0.2) is 168 Å². The SMILES string of the molecule is CCCCCCCC/C=C\CCCCCCCC(=O)O[C@@H]1[C@@H](NC(=O)[C@@H]2CCCN2)[C@@H](COC(=O)COCCOCCOCCOCCOCCOCCOCc2ccccc2)O[C@H]1n1ccc(=O)[nH]c1=O.O=C(O)C(F)(F)F. The molecule has 3 heterocycles. The van der Waals surface area contributed by atoms with Crippen molar-refractivity contribution in [3.63, 3.8) is 0 Å². The lowest BCUT2D eigenvalue weighted by molar-refractivity contribution is -0.192. The quantitative estimate of drug-likeness (QED) is 0.0332. The van der Waals surface area contributed by atoms with E-state index >= 15 is 0 Å². The van der Waals surface area contributed by atoms with E-state index in [2.05, 4.69) is 34.7 Å². The summed E-state index contributed by atoms with van der Waals surface area (Å²) in [4.78, 5) is 75.8. The van der Waals surface area contributed by atoms with Gasteiger partial charge in [-0.05, 0) is 57.1 Å². The summed E-state index contributed by atoms with van der Waals surface area (Å²) in [5.41, 5.74) is -0.288. The average molecular weight is 1130 g/mol. The fourth-order valence-corrected chi connectivity index (χ4v) is 8.11. The van der Waals surface area contributed by atoms with Gasteiger partial charge in [-0.3, -0.25) is 23.9 Å². The predicted molar refractivity (Wildman–Crippen MR) is 283 cm³/mol. The first kappa shape index (κ1) is 68.2. The minimum atomic E-state index is -5.08. The summed E-state index contributed by atoms with van der Waals surface area (Å²) in [5, 5.41) is 13.2. The molecule has 448 valence electrons. The highest BCUT2D eigenvalue weighted by molar-refractivity contribution is 5.82. The van der Waals surface area contributed by atoms with Gasteiger partial charge < -0.3 is 63.1 Å². The summed E-state index contributed by atoms with van der Waals surface area (Å²) in [6.45, 7) is 7.42. The van der Waals surface area contributed by atoms with Gasteiger partial charge in [0.1, 0.15) is 25.4 Å². The number of carboxylic acids is 1. The van der Waals surface area contributed by atoms with Gasteiger partial charge in [-0.15, -0.1) is 0 Å². The zero-order chi connectivity index (χ0) is 57.2. The van der Waals surface area contributed by atoms with E-state index < -0.39 is 65.9 Å². The van der Waals surface area contributed by atoms with Crippen molar-refractivity contribution in [1.82, 2.24) is 20.2 Å². The first-order chi connectivity index (χ1) is 38.3. The van der Waals surface area contributed by atoms with E-state index in [0.29, 0.717) is 92.1 Å². The van der Waals surface area contributed by atoms with Gasteiger partial charge >= 0.3 is 29.8 Å². The number of allylic oxidation sites excluding steroid dienone is 2. The number of benzene rings is 1. The minimum Gasteiger partial charge on any atom is -0.475 e. The fraction of sp³-hybridized carbons (Fsp3) is 0.709. The predicted octanol–water partition coefficient (Wildman–Crippen LogP) is 6.11. The van der Waals surface area contributed by atoms with Crippen LogP contribution < -0.4 is 21.9 Å².